The molecule has 0 N–H and O–H groups in total. The Bertz CT molecular complexity index is 651. The molecule has 0 aliphatic rings. The second-order valence-electron chi connectivity index (χ2n) is 4.09. The van der Waals surface area contributed by atoms with Gasteiger partial charge in [-0.15, -0.1) is 0 Å². The Hall–Kier alpha value is -1.21. The minimum Gasteiger partial charge on any atom is -0.456 e. The van der Waals surface area contributed by atoms with Gasteiger partial charge in [0.05, 0.1) is 9.65 Å². The van der Waals surface area contributed by atoms with Crippen LogP contribution in [0.4, 0.5) is 13.2 Å². The first-order valence-electron chi connectivity index (χ1n) is 5.83. The van der Waals surface area contributed by atoms with Crippen molar-refractivity contribution in [1.82, 2.24) is 0 Å². The van der Waals surface area contributed by atoms with Crippen molar-refractivity contribution in [3.63, 3.8) is 0 Å². The van der Waals surface area contributed by atoms with E-state index in [0.29, 0.717) is 16.3 Å². The summed E-state index contributed by atoms with van der Waals surface area (Å²) in [4.78, 5) is 0. The fourth-order valence-electron chi connectivity index (χ4n) is 1.58. The Balaban J connectivity index is 2.40. The van der Waals surface area contributed by atoms with E-state index >= 15 is 0 Å². The van der Waals surface area contributed by atoms with E-state index in [1.807, 2.05) is 22.6 Å². The van der Waals surface area contributed by atoms with Crippen LogP contribution < -0.4 is 4.74 Å². The minimum atomic E-state index is -4.48. The molecule has 21 heavy (non-hydrogen) atoms. The van der Waals surface area contributed by atoms with E-state index < -0.39 is 6.18 Å². The maximum atomic E-state index is 12.7. The molecule has 0 amide bonds. The molecule has 0 spiro atoms. The Kier molecular flexibility index (Phi) is 5.16. The Morgan fingerprint density at radius 1 is 1.05 bits per heavy atom. The van der Waals surface area contributed by atoms with E-state index in [1.165, 1.54) is 24.3 Å². The molecule has 0 aliphatic heterocycles. The Morgan fingerprint density at radius 2 is 1.67 bits per heavy atom. The van der Waals surface area contributed by atoms with Crippen molar-refractivity contribution >= 4 is 40.0 Å². The molecule has 2 aromatic rings. The molecule has 0 aromatic heterocycles. The Morgan fingerprint density at radius 3 is 2.24 bits per heavy atom. The molecule has 0 fully saturated rings. The molecule has 110 valence electrons. The zero-order valence-electron chi connectivity index (χ0n) is 10.5. The summed E-state index contributed by atoms with van der Waals surface area (Å²) in [6, 6.07) is 12.8. The summed E-state index contributed by atoms with van der Waals surface area (Å²) < 4.78 is 44.2. The highest BCUT2D eigenvalue weighted by Gasteiger charge is 2.26. The molecule has 0 heterocycles. The van der Waals surface area contributed by atoms with Crippen molar-refractivity contribution in [3.05, 3.63) is 68.8 Å². The summed E-state index contributed by atoms with van der Waals surface area (Å²) in [5.74, 6) is 0.0897. The number of allylic oxidation sites excluding steroid dienone is 1. The third kappa shape index (κ3) is 4.93. The number of para-hydroxylation sites is 1. The Labute approximate surface area is 138 Å². The third-order valence-corrected chi connectivity index (χ3v) is 3.62. The largest absolute Gasteiger partial charge is 0.456 e. The van der Waals surface area contributed by atoms with Crippen LogP contribution >= 0.6 is 34.2 Å². The molecular formula is C15H9ClF3IO. The zero-order chi connectivity index (χ0) is 15.5. The lowest BCUT2D eigenvalue weighted by molar-refractivity contribution is -0.0800. The van der Waals surface area contributed by atoms with Crippen molar-refractivity contribution in [1.29, 1.82) is 0 Å². The van der Waals surface area contributed by atoms with Crippen LogP contribution in [0.25, 0.3) is 5.76 Å². The molecule has 0 saturated carbocycles. The summed E-state index contributed by atoms with van der Waals surface area (Å²) in [6.45, 7) is 0. The van der Waals surface area contributed by atoms with Gasteiger partial charge in [0.15, 0.2) is 0 Å². The van der Waals surface area contributed by atoms with Gasteiger partial charge in [-0.25, -0.2) is 0 Å². The number of rotatable bonds is 3. The van der Waals surface area contributed by atoms with E-state index in [2.05, 4.69) is 0 Å². The lowest BCUT2D eigenvalue weighted by Crippen LogP contribution is -2.07. The molecule has 0 aliphatic carbocycles. The second-order valence-corrected chi connectivity index (χ2v) is 5.69. The standard InChI is InChI=1S/C15H9ClF3IO/c16-11-7-5-10(6-8-11)14(9-15(17,18)19)21-13-4-2-1-3-12(13)20/h1-9H. The number of alkyl halides is 3. The van der Waals surface area contributed by atoms with Gasteiger partial charge in [-0.1, -0.05) is 23.7 Å². The highest BCUT2D eigenvalue weighted by Crippen LogP contribution is 2.30. The maximum absolute atomic E-state index is 12.7. The van der Waals surface area contributed by atoms with Crippen molar-refractivity contribution in [2.75, 3.05) is 0 Å². The van der Waals surface area contributed by atoms with Crippen LogP contribution in [0, 0.1) is 3.57 Å². The average molecular weight is 425 g/mol. The third-order valence-electron chi connectivity index (χ3n) is 2.48. The number of benzene rings is 2. The van der Waals surface area contributed by atoms with Crippen LogP contribution in [-0.2, 0) is 0 Å². The molecule has 0 radical (unpaired) electrons. The average Bonchev–Trinajstić information content (AvgIpc) is 2.40. The van der Waals surface area contributed by atoms with Crippen molar-refractivity contribution < 1.29 is 17.9 Å². The predicted molar refractivity (Wildman–Crippen MR) is 85.3 cm³/mol. The molecule has 0 unspecified atom stereocenters. The van der Waals surface area contributed by atoms with Crippen LogP contribution in [0.5, 0.6) is 5.75 Å². The van der Waals surface area contributed by atoms with Crippen LogP contribution in [-0.4, -0.2) is 6.18 Å². The SMILES string of the molecule is FC(F)(F)C=C(Oc1ccccc1I)c1ccc(Cl)cc1. The van der Waals surface area contributed by atoms with E-state index in [1.54, 1.807) is 24.3 Å². The fraction of sp³-hybridized carbons (Fsp3) is 0.0667. The van der Waals surface area contributed by atoms with Gasteiger partial charge >= 0.3 is 6.18 Å². The van der Waals surface area contributed by atoms with E-state index in [4.69, 9.17) is 16.3 Å². The van der Waals surface area contributed by atoms with E-state index in [9.17, 15) is 13.2 Å². The van der Waals surface area contributed by atoms with Gasteiger partial charge in [0.2, 0.25) is 0 Å². The summed E-state index contributed by atoms with van der Waals surface area (Å²) in [6.07, 6.45) is -4.34. The number of hydrogen-bond donors (Lipinski definition) is 0. The molecule has 0 bridgehead atoms. The van der Waals surface area contributed by atoms with Gasteiger partial charge < -0.3 is 4.74 Å². The molecule has 2 aromatic carbocycles. The lowest BCUT2D eigenvalue weighted by Gasteiger charge is -2.13. The first-order chi connectivity index (χ1) is 9.85. The fourth-order valence-corrected chi connectivity index (χ4v) is 2.20. The van der Waals surface area contributed by atoms with E-state index in [-0.39, 0.29) is 11.8 Å². The zero-order valence-corrected chi connectivity index (χ0v) is 13.4. The number of halogens is 5. The number of hydrogen-bond acceptors (Lipinski definition) is 1. The second kappa shape index (κ2) is 6.70. The summed E-state index contributed by atoms with van der Waals surface area (Å²) in [5, 5.41) is 0.444. The highest BCUT2D eigenvalue weighted by molar-refractivity contribution is 14.1. The van der Waals surface area contributed by atoms with Crippen molar-refractivity contribution in [2.45, 2.75) is 6.18 Å². The van der Waals surface area contributed by atoms with Gasteiger partial charge in [0.1, 0.15) is 11.5 Å². The van der Waals surface area contributed by atoms with Gasteiger partial charge in [0.25, 0.3) is 0 Å². The maximum Gasteiger partial charge on any atom is 0.413 e. The highest BCUT2D eigenvalue weighted by atomic mass is 127. The van der Waals surface area contributed by atoms with Crippen LogP contribution in [0.15, 0.2) is 54.6 Å². The molecule has 0 atom stereocenters. The molecule has 2 rings (SSSR count). The minimum absolute atomic E-state index is 0.138. The van der Waals surface area contributed by atoms with Crippen molar-refractivity contribution in [3.8, 4) is 5.75 Å². The molecule has 6 heteroatoms. The summed E-state index contributed by atoms with van der Waals surface area (Å²) in [7, 11) is 0. The smallest absolute Gasteiger partial charge is 0.413 e. The van der Waals surface area contributed by atoms with Crippen LogP contribution in [0.3, 0.4) is 0 Å². The molecular weight excluding hydrogens is 416 g/mol. The molecule has 1 nitrogen and oxygen atoms in total. The first kappa shape index (κ1) is 16.2. The van der Waals surface area contributed by atoms with Crippen LogP contribution in [0.2, 0.25) is 5.02 Å². The first-order valence-corrected chi connectivity index (χ1v) is 7.29. The normalized spacial score (nSPS) is 12.3. The van der Waals surface area contributed by atoms with Gasteiger partial charge in [0, 0.05) is 10.6 Å². The van der Waals surface area contributed by atoms with Gasteiger partial charge in [-0.3, -0.25) is 0 Å². The summed E-state index contributed by atoms with van der Waals surface area (Å²) >= 11 is 7.75. The molecule has 0 saturated heterocycles. The lowest BCUT2D eigenvalue weighted by atomic mass is 10.2. The van der Waals surface area contributed by atoms with Crippen LogP contribution in [0.1, 0.15) is 5.56 Å². The van der Waals surface area contributed by atoms with Gasteiger partial charge in [-0.05, 0) is 59.0 Å². The number of ether oxygens (including phenoxy) is 1. The van der Waals surface area contributed by atoms with Crippen molar-refractivity contribution in [2.24, 2.45) is 0 Å². The quantitative estimate of drug-likeness (QED) is 0.438. The predicted octanol–water partition coefficient (Wildman–Crippen LogP) is 5.93. The topological polar surface area (TPSA) is 9.23 Å². The summed E-state index contributed by atoms with van der Waals surface area (Å²) in [5.41, 5.74) is 0.302. The van der Waals surface area contributed by atoms with Gasteiger partial charge in [-0.2, -0.15) is 13.2 Å². The monoisotopic (exact) mass is 424 g/mol. The van der Waals surface area contributed by atoms with E-state index in [0.717, 1.165) is 3.57 Å².